The van der Waals surface area contributed by atoms with Gasteiger partial charge in [0.25, 0.3) is 0 Å². The zero-order chi connectivity index (χ0) is 20.3. The van der Waals surface area contributed by atoms with Gasteiger partial charge in [-0.1, -0.05) is 36.4 Å². The van der Waals surface area contributed by atoms with Crippen molar-refractivity contribution in [3.63, 3.8) is 0 Å². The molecule has 30 heavy (non-hydrogen) atoms. The highest BCUT2D eigenvalue weighted by molar-refractivity contribution is 5.91. The number of fused-ring (bicyclic) bond motifs is 1. The van der Waals surface area contributed by atoms with Gasteiger partial charge in [0, 0.05) is 49.5 Å². The highest BCUT2D eigenvalue weighted by Gasteiger charge is 2.19. The smallest absolute Gasteiger partial charge is 0.136 e. The number of rotatable bonds is 4. The molecule has 1 N–H and O–H groups in total. The summed E-state index contributed by atoms with van der Waals surface area (Å²) in [5.74, 6) is 2.51. The van der Waals surface area contributed by atoms with E-state index in [-0.39, 0.29) is 0 Å². The van der Waals surface area contributed by atoms with Gasteiger partial charge in [-0.05, 0) is 31.2 Å². The molecule has 4 aromatic rings. The number of nitrogens with one attached hydrogen (secondary N) is 1. The van der Waals surface area contributed by atoms with Gasteiger partial charge in [0.1, 0.15) is 17.5 Å². The Morgan fingerprint density at radius 2 is 1.57 bits per heavy atom. The molecule has 1 aliphatic heterocycles. The zero-order valence-electron chi connectivity index (χ0n) is 17.0. The Bertz CT molecular complexity index is 1150. The largest absolute Gasteiger partial charge is 0.368 e. The standard InChI is InChI=1S/C24H24N6/c1-18-26-22(28-21-11-5-7-19-8-6-12-25-24(19)21)17-23(27-18)30-15-13-29(14-16-30)20-9-3-2-4-10-20/h2-12,17H,13-16H2,1H3,(H,26,27,28). The van der Waals surface area contributed by atoms with E-state index in [9.17, 15) is 0 Å². The van der Waals surface area contributed by atoms with Crippen LogP contribution in [0.15, 0.2) is 72.9 Å². The summed E-state index contributed by atoms with van der Waals surface area (Å²) in [6.45, 7) is 5.75. The molecular weight excluding hydrogens is 372 g/mol. The van der Waals surface area contributed by atoms with Crippen LogP contribution in [-0.2, 0) is 0 Å². The number of anilines is 4. The second-order valence-electron chi connectivity index (χ2n) is 7.47. The third kappa shape index (κ3) is 3.76. The van der Waals surface area contributed by atoms with Crippen molar-refractivity contribution in [3.8, 4) is 0 Å². The monoisotopic (exact) mass is 396 g/mol. The molecule has 0 bridgehead atoms. The molecule has 0 spiro atoms. The van der Waals surface area contributed by atoms with E-state index >= 15 is 0 Å². The molecule has 2 aromatic heterocycles. The average Bonchev–Trinajstić information content (AvgIpc) is 2.80. The Morgan fingerprint density at radius 1 is 0.800 bits per heavy atom. The number of benzene rings is 2. The van der Waals surface area contributed by atoms with E-state index in [0.717, 1.165) is 60.2 Å². The van der Waals surface area contributed by atoms with Crippen molar-refractivity contribution in [1.29, 1.82) is 0 Å². The second kappa shape index (κ2) is 7.99. The summed E-state index contributed by atoms with van der Waals surface area (Å²) in [7, 11) is 0. The summed E-state index contributed by atoms with van der Waals surface area (Å²) >= 11 is 0. The van der Waals surface area contributed by atoms with Crippen LogP contribution in [0.3, 0.4) is 0 Å². The molecule has 0 unspecified atom stereocenters. The van der Waals surface area contributed by atoms with Crippen LogP contribution < -0.4 is 15.1 Å². The summed E-state index contributed by atoms with van der Waals surface area (Å²) in [5.41, 5.74) is 3.17. The lowest BCUT2D eigenvalue weighted by Crippen LogP contribution is -2.46. The average molecular weight is 396 g/mol. The van der Waals surface area contributed by atoms with E-state index in [0.29, 0.717) is 0 Å². The van der Waals surface area contributed by atoms with Crippen LogP contribution in [0.2, 0.25) is 0 Å². The zero-order valence-corrected chi connectivity index (χ0v) is 17.0. The first-order valence-electron chi connectivity index (χ1n) is 10.3. The van der Waals surface area contributed by atoms with Crippen LogP contribution in [0.1, 0.15) is 5.82 Å². The number of hydrogen-bond donors (Lipinski definition) is 1. The number of para-hydroxylation sites is 2. The maximum absolute atomic E-state index is 4.70. The van der Waals surface area contributed by atoms with E-state index in [1.807, 2.05) is 37.4 Å². The molecule has 0 radical (unpaired) electrons. The third-order valence-corrected chi connectivity index (χ3v) is 5.44. The van der Waals surface area contributed by atoms with Crippen LogP contribution in [0, 0.1) is 6.92 Å². The number of pyridine rings is 1. The first-order valence-corrected chi connectivity index (χ1v) is 10.3. The fourth-order valence-corrected chi connectivity index (χ4v) is 3.95. The first-order chi connectivity index (χ1) is 14.8. The van der Waals surface area contributed by atoms with Crippen LogP contribution in [0.4, 0.5) is 23.0 Å². The number of nitrogens with zero attached hydrogens (tertiary/aromatic N) is 5. The predicted molar refractivity (Wildman–Crippen MR) is 123 cm³/mol. The quantitative estimate of drug-likeness (QED) is 0.552. The first kappa shape index (κ1) is 18.4. The summed E-state index contributed by atoms with van der Waals surface area (Å²) in [6, 6.07) is 22.8. The fraction of sp³-hybridized carbons (Fsp3) is 0.208. The van der Waals surface area contributed by atoms with Crippen LogP contribution in [0.5, 0.6) is 0 Å². The van der Waals surface area contributed by atoms with Gasteiger partial charge in [0.2, 0.25) is 0 Å². The summed E-state index contributed by atoms with van der Waals surface area (Å²) in [6.07, 6.45) is 1.82. The Kier molecular flexibility index (Phi) is 4.89. The number of hydrogen-bond acceptors (Lipinski definition) is 6. The molecule has 1 aliphatic rings. The van der Waals surface area contributed by atoms with E-state index in [2.05, 4.69) is 67.5 Å². The molecule has 150 valence electrons. The minimum absolute atomic E-state index is 0.758. The molecule has 1 fully saturated rings. The van der Waals surface area contributed by atoms with Crippen LogP contribution in [0.25, 0.3) is 10.9 Å². The van der Waals surface area contributed by atoms with E-state index in [1.165, 1.54) is 5.69 Å². The minimum Gasteiger partial charge on any atom is -0.368 e. The van der Waals surface area contributed by atoms with Crippen LogP contribution in [-0.4, -0.2) is 41.1 Å². The summed E-state index contributed by atoms with van der Waals surface area (Å²) < 4.78 is 0. The van der Waals surface area contributed by atoms with Gasteiger partial charge in [0.15, 0.2) is 0 Å². The Balaban J connectivity index is 1.35. The number of piperazine rings is 1. The van der Waals surface area contributed by atoms with E-state index in [4.69, 9.17) is 4.98 Å². The molecule has 3 heterocycles. The minimum atomic E-state index is 0.758. The molecular formula is C24H24N6. The lowest BCUT2D eigenvalue weighted by Gasteiger charge is -2.36. The van der Waals surface area contributed by atoms with Gasteiger partial charge in [-0.3, -0.25) is 4.98 Å². The van der Waals surface area contributed by atoms with Crippen molar-refractivity contribution in [2.45, 2.75) is 6.92 Å². The molecule has 2 aromatic carbocycles. The van der Waals surface area contributed by atoms with Gasteiger partial charge >= 0.3 is 0 Å². The maximum Gasteiger partial charge on any atom is 0.136 e. The van der Waals surface area contributed by atoms with E-state index in [1.54, 1.807) is 0 Å². The summed E-state index contributed by atoms with van der Waals surface area (Å²) in [5, 5.41) is 4.55. The lowest BCUT2D eigenvalue weighted by molar-refractivity contribution is 0.646. The maximum atomic E-state index is 4.70. The van der Waals surface area contributed by atoms with Gasteiger partial charge in [-0.15, -0.1) is 0 Å². The van der Waals surface area contributed by atoms with E-state index < -0.39 is 0 Å². The second-order valence-corrected chi connectivity index (χ2v) is 7.47. The lowest BCUT2D eigenvalue weighted by atomic mass is 10.2. The van der Waals surface area contributed by atoms with Crippen molar-refractivity contribution < 1.29 is 0 Å². The van der Waals surface area contributed by atoms with Gasteiger partial charge in [0.05, 0.1) is 11.2 Å². The predicted octanol–water partition coefficient (Wildman–Crippen LogP) is 4.40. The fourth-order valence-electron chi connectivity index (χ4n) is 3.95. The van der Waals surface area contributed by atoms with Crippen molar-refractivity contribution in [1.82, 2.24) is 15.0 Å². The number of aryl methyl sites for hydroxylation is 1. The molecule has 5 rings (SSSR count). The normalized spacial score (nSPS) is 14.2. The summed E-state index contributed by atoms with van der Waals surface area (Å²) in [4.78, 5) is 18.6. The van der Waals surface area contributed by atoms with Crippen molar-refractivity contribution in [2.75, 3.05) is 41.3 Å². The van der Waals surface area contributed by atoms with Gasteiger partial charge in [-0.2, -0.15) is 0 Å². The van der Waals surface area contributed by atoms with Crippen LogP contribution >= 0.6 is 0 Å². The number of aromatic nitrogens is 3. The topological polar surface area (TPSA) is 57.2 Å². The molecule has 0 amide bonds. The molecule has 0 atom stereocenters. The Labute approximate surface area is 176 Å². The van der Waals surface area contributed by atoms with Crippen molar-refractivity contribution >= 4 is 33.9 Å². The molecule has 0 aliphatic carbocycles. The van der Waals surface area contributed by atoms with Gasteiger partial charge in [-0.25, -0.2) is 9.97 Å². The highest BCUT2D eigenvalue weighted by atomic mass is 15.3. The van der Waals surface area contributed by atoms with Crippen molar-refractivity contribution in [3.05, 3.63) is 78.8 Å². The Hall–Kier alpha value is -3.67. The SMILES string of the molecule is Cc1nc(Nc2cccc3cccnc23)cc(N2CCN(c3ccccc3)CC2)n1. The molecule has 0 saturated carbocycles. The molecule has 1 saturated heterocycles. The molecule has 6 nitrogen and oxygen atoms in total. The third-order valence-electron chi connectivity index (χ3n) is 5.44. The Morgan fingerprint density at radius 3 is 2.40 bits per heavy atom. The van der Waals surface area contributed by atoms with Crippen molar-refractivity contribution in [2.24, 2.45) is 0 Å². The van der Waals surface area contributed by atoms with Gasteiger partial charge < -0.3 is 15.1 Å². The molecule has 6 heteroatoms. The highest BCUT2D eigenvalue weighted by Crippen LogP contribution is 2.26.